The third-order valence-corrected chi connectivity index (χ3v) is 5.10. The summed E-state index contributed by atoms with van der Waals surface area (Å²) in [6.45, 7) is 3.92. The lowest BCUT2D eigenvalue weighted by Crippen LogP contribution is -2.33. The Hall–Kier alpha value is -1.24. The molecule has 1 unspecified atom stereocenters. The van der Waals surface area contributed by atoms with E-state index in [0.29, 0.717) is 11.7 Å². The fraction of sp³-hybridized carbons (Fsp3) is 0.333. The molecule has 0 aromatic carbocycles. The summed E-state index contributed by atoms with van der Waals surface area (Å²) in [5.74, 6) is 1.13. The van der Waals surface area contributed by atoms with Gasteiger partial charge in [-0.05, 0) is 30.9 Å². The van der Waals surface area contributed by atoms with Crippen LogP contribution in [-0.2, 0) is 5.54 Å². The molecule has 3 rings (SSSR count). The summed E-state index contributed by atoms with van der Waals surface area (Å²) in [4.78, 5) is 5.41. The van der Waals surface area contributed by atoms with Gasteiger partial charge in [0.25, 0.3) is 5.89 Å². The highest BCUT2D eigenvalue weighted by Crippen LogP contribution is 2.36. The molecule has 0 aliphatic heterocycles. The van der Waals surface area contributed by atoms with E-state index in [4.69, 9.17) is 10.3 Å². The Morgan fingerprint density at radius 1 is 1.44 bits per heavy atom. The molecule has 0 fully saturated rings. The second-order valence-corrected chi connectivity index (χ2v) is 6.49. The number of hydrogen-bond donors (Lipinski definition) is 1. The van der Waals surface area contributed by atoms with Gasteiger partial charge in [0.2, 0.25) is 0 Å². The van der Waals surface area contributed by atoms with Gasteiger partial charge in [0.05, 0.1) is 10.4 Å². The van der Waals surface area contributed by atoms with Gasteiger partial charge in [-0.1, -0.05) is 12.1 Å². The van der Waals surface area contributed by atoms with E-state index < -0.39 is 5.54 Å². The molecule has 0 saturated carbocycles. The molecule has 6 heteroatoms. The molecule has 3 heterocycles. The van der Waals surface area contributed by atoms with Crippen LogP contribution in [0.5, 0.6) is 0 Å². The fourth-order valence-electron chi connectivity index (χ4n) is 1.58. The zero-order valence-corrected chi connectivity index (χ0v) is 11.8. The zero-order valence-electron chi connectivity index (χ0n) is 10.1. The summed E-state index contributed by atoms with van der Waals surface area (Å²) in [6.07, 6.45) is 0.769. The summed E-state index contributed by atoms with van der Waals surface area (Å²) in [6, 6.07) is 4.19. The first-order valence-electron chi connectivity index (χ1n) is 5.70. The number of rotatable bonds is 3. The van der Waals surface area contributed by atoms with E-state index in [1.807, 2.05) is 13.8 Å². The highest BCUT2D eigenvalue weighted by Gasteiger charge is 2.26. The van der Waals surface area contributed by atoms with Gasteiger partial charge in [0.15, 0.2) is 5.82 Å². The smallest absolute Gasteiger partial charge is 0.268 e. The molecule has 4 nitrogen and oxygen atoms in total. The van der Waals surface area contributed by atoms with Crippen molar-refractivity contribution < 1.29 is 4.52 Å². The third-order valence-electron chi connectivity index (χ3n) is 3.02. The highest BCUT2D eigenvalue weighted by atomic mass is 32.1. The molecular weight excluding hydrogens is 266 g/mol. The second kappa shape index (κ2) is 4.15. The molecule has 0 amide bonds. The zero-order chi connectivity index (χ0) is 12.8. The van der Waals surface area contributed by atoms with Crippen LogP contribution < -0.4 is 5.73 Å². The predicted molar refractivity (Wildman–Crippen MR) is 74.8 cm³/mol. The van der Waals surface area contributed by atoms with Gasteiger partial charge in [-0.2, -0.15) is 4.98 Å². The molecule has 1 atom stereocenters. The molecule has 3 aromatic heterocycles. The van der Waals surface area contributed by atoms with Gasteiger partial charge in [-0.15, -0.1) is 22.7 Å². The largest absolute Gasteiger partial charge is 0.333 e. The minimum Gasteiger partial charge on any atom is -0.333 e. The first-order valence-corrected chi connectivity index (χ1v) is 7.40. The molecule has 0 radical (unpaired) electrons. The third kappa shape index (κ3) is 1.86. The average Bonchev–Trinajstić information content (AvgIpc) is 3.02. The van der Waals surface area contributed by atoms with Crippen LogP contribution in [-0.4, -0.2) is 10.1 Å². The van der Waals surface area contributed by atoms with E-state index in [0.717, 1.165) is 11.3 Å². The van der Waals surface area contributed by atoms with Gasteiger partial charge in [-0.3, -0.25) is 0 Å². The van der Waals surface area contributed by atoms with E-state index >= 15 is 0 Å². The molecule has 94 valence electrons. The summed E-state index contributed by atoms with van der Waals surface area (Å²) >= 11 is 3.38. The maximum Gasteiger partial charge on any atom is 0.268 e. The standard InChI is InChI=1S/C12H13N3OS2/c1-3-12(2,13)11-14-10(16-15-11)9-6-8-7(18-9)4-5-17-8/h4-6H,3,13H2,1-2H3. The van der Waals surface area contributed by atoms with Crippen molar-refractivity contribution in [2.45, 2.75) is 25.8 Å². The highest BCUT2D eigenvalue weighted by molar-refractivity contribution is 7.28. The lowest BCUT2D eigenvalue weighted by molar-refractivity contribution is 0.379. The first-order chi connectivity index (χ1) is 8.60. The van der Waals surface area contributed by atoms with E-state index in [2.05, 4.69) is 27.7 Å². The van der Waals surface area contributed by atoms with Crippen LogP contribution in [0.2, 0.25) is 0 Å². The van der Waals surface area contributed by atoms with Crippen LogP contribution in [0.4, 0.5) is 0 Å². The average molecular weight is 279 g/mol. The molecule has 0 bridgehead atoms. The quantitative estimate of drug-likeness (QED) is 0.795. The maximum absolute atomic E-state index is 6.10. The van der Waals surface area contributed by atoms with Gasteiger partial charge in [0.1, 0.15) is 0 Å². The van der Waals surface area contributed by atoms with Crippen LogP contribution in [0, 0.1) is 0 Å². The number of nitrogens with two attached hydrogens (primary N) is 1. The van der Waals surface area contributed by atoms with Crippen LogP contribution in [0.1, 0.15) is 26.1 Å². The lowest BCUT2D eigenvalue weighted by atomic mass is 10.0. The lowest BCUT2D eigenvalue weighted by Gasteiger charge is -2.16. The number of aromatic nitrogens is 2. The van der Waals surface area contributed by atoms with Crippen LogP contribution in [0.3, 0.4) is 0 Å². The Labute approximate surface area is 112 Å². The topological polar surface area (TPSA) is 64.9 Å². The Bertz CT molecular complexity index is 652. The number of hydrogen-bond acceptors (Lipinski definition) is 6. The summed E-state index contributed by atoms with van der Waals surface area (Å²) in [5, 5.41) is 6.07. The number of nitrogens with zero attached hydrogens (tertiary/aromatic N) is 2. The number of fused-ring (bicyclic) bond motifs is 1. The molecule has 0 aliphatic carbocycles. The molecule has 3 aromatic rings. The van der Waals surface area contributed by atoms with Crippen molar-refractivity contribution in [3.05, 3.63) is 23.3 Å². The minimum absolute atomic E-state index is 0.531. The van der Waals surface area contributed by atoms with E-state index in [9.17, 15) is 0 Å². The van der Waals surface area contributed by atoms with Gasteiger partial charge in [-0.25, -0.2) is 0 Å². The van der Waals surface area contributed by atoms with Crippen molar-refractivity contribution in [3.63, 3.8) is 0 Å². The van der Waals surface area contributed by atoms with Crippen molar-refractivity contribution in [2.75, 3.05) is 0 Å². The Balaban J connectivity index is 2.00. The molecule has 0 aliphatic rings. The van der Waals surface area contributed by atoms with Gasteiger partial charge in [0, 0.05) is 9.40 Å². The fourth-order valence-corrected chi connectivity index (χ4v) is 3.62. The van der Waals surface area contributed by atoms with Crippen molar-refractivity contribution >= 4 is 32.1 Å². The Morgan fingerprint density at radius 3 is 3.00 bits per heavy atom. The van der Waals surface area contributed by atoms with Crippen molar-refractivity contribution in [3.8, 4) is 10.8 Å². The van der Waals surface area contributed by atoms with Crippen LogP contribution in [0.25, 0.3) is 20.2 Å². The maximum atomic E-state index is 6.10. The van der Waals surface area contributed by atoms with Crippen molar-refractivity contribution in [2.24, 2.45) is 5.73 Å². The molecule has 0 saturated heterocycles. The SMILES string of the molecule is CCC(C)(N)c1noc(-c2cc3sccc3s2)n1. The van der Waals surface area contributed by atoms with E-state index in [-0.39, 0.29) is 0 Å². The monoisotopic (exact) mass is 279 g/mol. The van der Waals surface area contributed by atoms with Crippen molar-refractivity contribution in [1.29, 1.82) is 0 Å². The van der Waals surface area contributed by atoms with Crippen LogP contribution in [0.15, 0.2) is 22.0 Å². The van der Waals surface area contributed by atoms with Gasteiger partial charge >= 0.3 is 0 Å². The van der Waals surface area contributed by atoms with Crippen LogP contribution >= 0.6 is 22.7 Å². The summed E-state index contributed by atoms with van der Waals surface area (Å²) < 4.78 is 7.81. The van der Waals surface area contributed by atoms with E-state index in [1.165, 1.54) is 9.40 Å². The molecule has 18 heavy (non-hydrogen) atoms. The second-order valence-electron chi connectivity index (χ2n) is 4.45. The predicted octanol–water partition coefficient (Wildman–Crippen LogP) is 3.60. The van der Waals surface area contributed by atoms with E-state index in [1.54, 1.807) is 22.7 Å². The molecule has 2 N–H and O–H groups in total. The first kappa shape index (κ1) is 11.8. The molecule has 0 spiro atoms. The number of thiophene rings is 2. The molecular formula is C12H13N3OS2. The Kier molecular flexibility index (Phi) is 2.73. The Morgan fingerprint density at radius 2 is 2.28 bits per heavy atom. The summed E-state index contributed by atoms with van der Waals surface area (Å²) in [5.41, 5.74) is 5.57. The summed E-state index contributed by atoms with van der Waals surface area (Å²) in [7, 11) is 0. The minimum atomic E-state index is -0.531. The van der Waals surface area contributed by atoms with Crippen molar-refractivity contribution in [1.82, 2.24) is 10.1 Å². The normalized spacial score (nSPS) is 15.1. The van der Waals surface area contributed by atoms with Gasteiger partial charge < -0.3 is 10.3 Å².